The van der Waals surface area contributed by atoms with Gasteiger partial charge in [-0.1, -0.05) is 24.4 Å². The minimum absolute atomic E-state index is 0.115. The van der Waals surface area contributed by atoms with Gasteiger partial charge in [0.1, 0.15) is 5.02 Å². The second kappa shape index (κ2) is 5.06. The molecule has 1 aromatic rings. The van der Waals surface area contributed by atoms with Gasteiger partial charge in [0.25, 0.3) is 5.56 Å². The predicted molar refractivity (Wildman–Crippen MR) is 68.3 cm³/mol. The smallest absolute Gasteiger partial charge is 0.287 e. The second-order valence-electron chi connectivity index (χ2n) is 4.50. The Morgan fingerprint density at radius 2 is 2.24 bits per heavy atom. The number of hydrogen-bond donors (Lipinski definition) is 2. The Morgan fingerprint density at radius 1 is 1.53 bits per heavy atom. The number of halogens is 1. The van der Waals surface area contributed by atoms with E-state index in [1.807, 2.05) is 0 Å². The first-order valence-electron chi connectivity index (χ1n) is 5.83. The molecule has 0 bridgehead atoms. The highest BCUT2D eigenvalue weighted by Crippen LogP contribution is 2.23. The first-order valence-corrected chi connectivity index (χ1v) is 6.21. The summed E-state index contributed by atoms with van der Waals surface area (Å²) in [7, 11) is 1.57. The molecule has 2 atom stereocenters. The number of nitrogens with one attached hydrogen (secondary N) is 1. The summed E-state index contributed by atoms with van der Waals surface area (Å²) in [5.74, 6) is 0. The SMILES string of the molecule is Cn1ncc(N[C@@H]2CCCC[C@H]2N)c(Cl)c1=O. The van der Waals surface area contributed by atoms with Gasteiger partial charge < -0.3 is 11.1 Å². The molecule has 17 heavy (non-hydrogen) atoms. The van der Waals surface area contributed by atoms with Gasteiger partial charge in [-0.25, -0.2) is 4.68 Å². The molecular formula is C11H17ClN4O. The lowest BCUT2D eigenvalue weighted by Crippen LogP contribution is -2.43. The van der Waals surface area contributed by atoms with E-state index in [4.69, 9.17) is 17.3 Å². The van der Waals surface area contributed by atoms with Crippen molar-refractivity contribution in [2.75, 3.05) is 5.32 Å². The van der Waals surface area contributed by atoms with Gasteiger partial charge in [-0.05, 0) is 12.8 Å². The fourth-order valence-corrected chi connectivity index (χ4v) is 2.38. The van der Waals surface area contributed by atoms with Crippen LogP contribution in [-0.2, 0) is 7.05 Å². The van der Waals surface area contributed by atoms with E-state index in [1.165, 1.54) is 11.1 Å². The largest absolute Gasteiger partial charge is 0.378 e. The molecule has 0 aromatic carbocycles. The molecule has 1 saturated carbocycles. The molecule has 2 rings (SSSR count). The van der Waals surface area contributed by atoms with E-state index in [-0.39, 0.29) is 22.7 Å². The number of hydrogen-bond acceptors (Lipinski definition) is 4. The van der Waals surface area contributed by atoms with Crippen LogP contribution in [0, 0.1) is 0 Å². The lowest BCUT2D eigenvalue weighted by molar-refractivity contribution is 0.404. The number of nitrogens with two attached hydrogens (primary N) is 1. The fraction of sp³-hybridized carbons (Fsp3) is 0.636. The van der Waals surface area contributed by atoms with Crippen LogP contribution in [0.5, 0.6) is 0 Å². The van der Waals surface area contributed by atoms with Gasteiger partial charge in [-0.2, -0.15) is 5.10 Å². The summed E-state index contributed by atoms with van der Waals surface area (Å²) in [6, 6.07) is 0.291. The lowest BCUT2D eigenvalue weighted by Gasteiger charge is -2.30. The minimum atomic E-state index is -0.291. The van der Waals surface area contributed by atoms with Crippen LogP contribution in [0.4, 0.5) is 5.69 Å². The standard InChI is InChI=1S/C11H17ClN4O/c1-16-11(17)10(12)9(6-14-16)15-8-5-3-2-4-7(8)13/h6-8,15H,2-5,13H2,1H3/t7-,8-/m1/s1. The topological polar surface area (TPSA) is 72.9 Å². The molecule has 0 radical (unpaired) electrons. The van der Waals surface area contributed by atoms with Crippen LogP contribution in [0.25, 0.3) is 0 Å². The minimum Gasteiger partial charge on any atom is -0.378 e. The van der Waals surface area contributed by atoms with Gasteiger partial charge in [0, 0.05) is 19.1 Å². The maximum atomic E-state index is 11.6. The van der Waals surface area contributed by atoms with Crippen LogP contribution < -0.4 is 16.6 Å². The molecule has 0 spiro atoms. The Bertz CT molecular complexity index is 459. The maximum Gasteiger partial charge on any atom is 0.287 e. The number of anilines is 1. The average molecular weight is 257 g/mol. The number of aryl methyl sites for hydroxylation is 1. The summed E-state index contributed by atoms with van der Waals surface area (Å²) in [5.41, 5.74) is 6.33. The Balaban J connectivity index is 2.18. The highest BCUT2D eigenvalue weighted by molar-refractivity contribution is 6.32. The monoisotopic (exact) mass is 256 g/mol. The van der Waals surface area contributed by atoms with Crippen LogP contribution in [0.2, 0.25) is 5.02 Å². The Kier molecular flexibility index (Phi) is 3.69. The number of aromatic nitrogens is 2. The van der Waals surface area contributed by atoms with Gasteiger partial charge in [0.2, 0.25) is 0 Å². The van der Waals surface area contributed by atoms with Crippen molar-refractivity contribution in [3.8, 4) is 0 Å². The molecule has 3 N–H and O–H groups in total. The van der Waals surface area contributed by atoms with E-state index < -0.39 is 0 Å². The van der Waals surface area contributed by atoms with Crippen molar-refractivity contribution in [1.82, 2.24) is 9.78 Å². The van der Waals surface area contributed by atoms with Gasteiger partial charge in [0.05, 0.1) is 11.9 Å². The number of rotatable bonds is 2. The second-order valence-corrected chi connectivity index (χ2v) is 4.88. The van der Waals surface area contributed by atoms with Gasteiger partial charge in [-0.15, -0.1) is 0 Å². The quantitative estimate of drug-likeness (QED) is 0.832. The molecule has 5 nitrogen and oxygen atoms in total. The fourth-order valence-electron chi connectivity index (χ4n) is 2.15. The average Bonchev–Trinajstić information content (AvgIpc) is 2.32. The zero-order chi connectivity index (χ0) is 12.4. The summed E-state index contributed by atoms with van der Waals surface area (Å²) in [4.78, 5) is 11.6. The van der Waals surface area contributed by atoms with Crippen molar-refractivity contribution in [2.45, 2.75) is 37.8 Å². The van der Waals surface area contributed by atoms with Crippen LogP contribution >= 0.6 is 11.6 Å². The molecule has 94 valence electrons. The van der Waals surface area contributed by atoms with E-state index in [1.54, 1.807) is 13.2 Å². The molecule has 1 fully saturated rings. The summed E-state index contributed by atoms with van der Waals surface area (Å²) in [6.07, 6.45) is 5.91. The van der Waals surface area contributed by atoms with E-state index in [9.17, 15) is 4.79 Å². The highest BCUT2D eigenvalue weighted by Gasteiger charge is 2.22. The summed E-state index contributed by atoms with van der Waals surface area (Å²) >= 11 is 5.99. The summed E-state index contributed by atoms with van der Waals surface area (Å²) in [6.45, 7) is 0. The Morgan fingerprint density at radius 3 is 2.94 bits per heavy atom. The van der Waals surface area contributed by atoms with Crippen molar-refractivity contribution in [3.05, 3.63) is 21.6 Å². The molecule has 0 unspecified atom stereocenters. The molecule has 0 amide bonds. The van der Waals surface area contributed by atoms with Crippen molar-refractivity contribution in [2.24, 2.45) is 12.8 Å². The van der Waals surface area contributed by atoms with Gasteiger partial charge >= 0.3 is 0 Å². The van der Waals surface area contributed by atoms with E-state index in [2.05, 4.69) is 10.4 Å². The first kappa shape index (κ1) is 12.4. The van der Waals surface area contributed by atoms with Crippen LogP contribution in [0.15, 0.2) is 11.0 Å². The van der Waals surface area contributed by atoms with Gasteiger partial charge in [0.15, 0.2) is 0 Å². The van der Waals surface area contributed by atoms with E-state index in [0.29, 0.717) is 5.69 Å². The molecule has 0 saturated heterocycles. The maximum absolute atomic E-state index is 11.6. The highest BCUT2D eigenvalue weighted by atomic mass is 35.5. The third-order valence-corrected chi connectivity index (χ3v) is 3.60. The van der Waals surface area contributed by atoms with E-state index in [0.717, 1.165) is 19.3 Å². The Hall–Kier alpha value is -1.07. The van der Waals surface area contributed by atoms with Gasteiger partial charge in [-0.3, -0.25) is 4.79 Å². The Labute approximate surface area is 105 Å². The molecule has 0 aliphatic heterocycles. The summed E-state index contributed by atoms with van der Waals surface area (Å²) in [5, 5.41) is 7.36. The van der Waals surface area contributed by atoms with Crippen molar-refractivity contribution >= 4 is 17.3 Å². The van der Waals surface area contributed by atoms with Crippen molar-refractivity contribution < 1.29 is 0 Å². The van der Waals surface area contributed by atoms with Crippen LogP contribution in [0.3, 0.4) is 0 Å². The molecule has 6 heteroatoms. The van der Waals surface area contributed by atoms with Crippen molar-refractivity contribution in [1.29, 1.82) is 0 Å². The van der Waals surface area contributed by atoms with Crippen molar-refractivity contribution in [3.63, 3.8) is 0 Å². The first-order chi connectivity index (χ1) is 8.09. The third-order valence-electron chi connectivity index (χ3n) is 3.24. The molecule has 1 aromatic heterocycles. The molecule has 1 heterocycles. The zero-order valence-corrected chi connectivity index (χ0v) is 10.6. The lowest BCUT2D eigenvalue weighted by atomic mass is 9.91. The normalized spacial score (nSPS) is 24.6. The molecule has 1 aliphatic rings. The molecular weight excluding hydrogens is 240 g/mol. The van der Waals surface area contributed by atoms with Crippen LogP contribution in [-0.4, -0.2) is 21.9 Å². The third kappa shape index (κ3) is 2.61. The number of nitrogens with zero attached hydrogens (tertiary/aromatic N) is 2. The molecule has 1 aliphatic carbocycles. The van der Waals surface area contributed by atoms with E-state index >= 15 is 0 Å². The predicted octanol–water partition coefficient (Wildman–Crippen LogP) is 1.12. The van der Waals surface area contributed by atoms with Crippen LogP contribution in [0.1, 0.15) is 25.7 Å². The summed E-state index contributed by atoms with van der Waals surface area (Å²) < 4.78 is 1.22. The zero-order valence-electron chi connectivity index (χ0n) is 9.82.